The summed E-state index contributed by atoms with van der Waals surface area (Å²) in [6.45, 7) is 7.58. The first-order valence-corrected chi connectivity index (χ1v) is 7.16. The molecule has 1 rings (SSSR count). The molecule has 1 aliphatic rings. The smallest absolute Gasteiger partial charge is 0.318 e. The van der Waals surface area contributed by atoms with E-state index in [1.807, 2.05) is 6.92 Å². The highest BCUT2D eigenvalue weighted by atomic mass is 127. The molecule has 0 saturated carbocycles. The van der Waals surface area contributed by atoms with E-state index in [9.17, 15) is 4.79 Å². The SMILES string of the molecule is CC(I)C(=O)OCCCC[NH+]1CCOCC1. The fraction of sp³-hybridized carbons (Fsp3) is 0.909. The van der Waals surface area contributed by atoms with E-state index < -0.39 is 0 Å². The second kappa shape index (κ2) is 8.25. The van der Waals surface area contributed by atoms with Crippen LogP contribution in [-0.4, -0.2) is 49.3 Å². The minimum atomic E-state index is -0.0979. The largest absolute Gasteiger partial charge is 0.465 e. The quantitative estimate of drug-likeness (QED) is 0.321. The average Bonchev–Trinajstić information content (AvgIpc) is 2.29. The maximum Gasteiger partial charge on any atom is 0.318 e. The summed E-state index contributed by atoms with van der Waals surface area (Å²) < 4.78 is 10.4. The van der Waals surface area contributed by atoms with Crippen LogP contribution in [0.2, 0.25) is 0 Å². The van der Waals surface area contributed by atoms with Crippen molar-refractivity contribution in [2.75, 3.05) is 39.5 Å². The van der Waals surface area contributed by atoms with Gasteiger partial charge in [0.2, 0.25) is 0 Å². The Morgan fingerprint density at radius 1 is 1.44 bits per heavy atom. The van der Waals surface area contributed by atoms with Crippen molar-refractivity contribution in [1.29, 1.82) is 0 Å². The number of hydrogen-bond donors (Lipinski definition) is 1. The average molecular weight is 342 g/mol. The minimum absolute atomic E-state index is 0.0394. The molecule has 1 N–H and O–H groups in total. The molecule has 4 nitrogen and oxygen atoms in total. The third-order valence-corrected chi connectivity index (χ3v) is 3.20. The number of carbonyl (C=O) groups excluding carboxylic acids is 1. The first-order chi connectivity index (χ1) is 7.70. The standard InChI is InChI=1S/C11H20INO3/c1-10(12)11(14)16-7-3-2-4-13-5-8-15-9-6-13/h10H,2-9H2,1H3/p+1. The molecule has 0 aromatic heterocycles. The molecule has 1 fully saturated rings. The van der Waals surface area contributed by atoms with Crippen LogP contribution in [0, 0.1) is 0 Å². The maximum atomic E-state index is 11.2. The van der Waals surface area contributed by atoms with Crippen LogP contribution >= 0.6 is 22.6 Å². The molecule has 0 aromatic rings. The van der Waals surface area contributed by atoms with Crippen LogP contribution in [0.5, 0.6) is 0 Å². The molecule has 0 spiro atoms. The molecule has 0 bridgehead atoms. The highest BCUT2D eigenvalue weighted by Crippen LogP contribution is 2.01. The van der Waals surface area contributed by atoms with E-state index in [0.29, 0.717) is 6.61 Å². The van der Waals surface area contributed by atoms with Gasteiger partial charge in [-0.25, -0.2) is 0 Å². The zero-order valence-electron chi connectivity index (χ0n) is 9.84. The molecular weight excluding hydrogens is 321 g/mol. The Morgan fingerprint density at radius 2 is 2.12 bits per heavy atom. The van der Waals surface area contributed by atoms with Crippen molar-refractivity contribution in [2.45, 2.75) is 23.7 Å². The zero-order chi connectivity index (χ0) is 11.8. The Labute approximate surface area is 111 Å². The summed E-state index contributed by atoms with van der Waals surface area (Å²) in [5, 5.41) is 0. The van der Waals surface area contributed by atoms with Gasteiger partial charge in [0.1, 0.15) is 17.0 Å². The number of unbranched alkanes of at least 4 members (excludes halogenated alkanes) is 1. The Bertz CT molecular complexity index is 205. The van der Waals surface area contributed by atoms with Gasteiger partial charge in [0, 0.05) is 0 Å². The number of rotatable bonds is 6. The fourth-order valence-corrected chi connectivity index (χ4v) is 1.85. The number of esters is 1. The Balaban J connectivity index is 1.93. The summed E-state index contributed by atoms with van der Waals surface area (Å²) in [6.07, 6.45) is 2.09. The molecule has 0 amide bonds. The lowest BCUT2D eigenvalue weighted by Gasteiger charge is -2.23. The van der Waals surface area contributed by atoms with E-state index in [1.54, 1.807) is 4.90 Å². The molecular formula is C11H21INO3+. The van der Waals surface area contributed by atoms with Gasteiger partial charge in [-0.3, -0.25) is 4.79 Å². The number of ether oxygens (including phenoxy) is 2. The molecule has 5 heteroatoms. The van der Waals surface area contributed by atoms with Crippen molar-refractivity contribution in [2.24, 2.45) is 0 Å². The molecule has 1 heterocycles. The van der Waals surface area contributed by atoms with Crippen molar-refractivity contribution in [1.82, 2.24) is 0 Å². The number of morpholine rings is 1. The second-order valence-electron chi connectivity index (χ2n) is 4.10. The molecule has 0 aromatic carbocycles. The molecule has 94 valence electrons. The van der Waals surface area contributed by atoms with Crippen molar-refractivity contribution in [3.05, 3.63) is 0 Å². The first kappa shape index (κ1) is 14.2. The number of nitrogens with one attached hydrogen (secondary N) is 1. The predicted octanol–water partition coefficient (Wildman–Crippen LogP) is 0.0484. The van der Waals surface area contributed by atoms with Gasteiger partial charge in [-0.1, -0.05) is 22.6 Å². The van der Waals surface area contributed by atoms with Crippen molar-refractivity contribution in [3.63, 3.8) is 0 Å². The van der Waals surface area contributed by atoms with E-state index in [0.717, 1.165) is 39.1 Å². The maximum absolute atomic E-state index is 11.2. The van der Waals surface area contributed by atoms with Gasteiger partial charge in [0.05, 0.1) is 26.4 Å². The molecule has 1 unspecified atom stereocenters. The molecule has 0 aliphatic carbocycles. The van der Waals surface area contributed by atoms with Crippen molar-refractivity contribution >= 4 is 28.6 Å². The van der Waals surface area contributed by atoms with E-state index in [1.165, 1.54) is 6.54 Å². The van der Waals surface area contributed by atoms with Gasteiger partial charge in [-0.2, -0.15) is 0 Å². The Kier molecular flexibility index (Phi) is 7.31. The zero-order valence-corrected chi connectivity index (χ0v) is 12.0. The van der Waals surface area contributed by atoms with Crippen LogP contribution in [0.3, 0.4) is 0 Å². The first-order valence-electron chi connectivity index (χ1n) is 5.92. The van der Waals surface area contributed by atoms with Gasteiger partial charge in [-0.05, 0) is 19.8 Å². The summed E-state index contributed by atoms with van der Waals surface area (Å²) in [5.74, 6) is -0.0979. The molecule has 1 atom stereocenters. The van der Waals surface area contributed by atoms with Crippen LogP contribution in [0.25, 0.3) is 0 Å². The van der Waals surface area contributed by atoms with Gasteiger partial charge >= 0.3 is 5.97 Å². The highest BCUT2D eigenvalue weighted by molar-refractivity contribution is 14.1. The molecule has 16 heavy (non-hydrogen) atoms. The summed E-state index contributed by atoms with van der Waals surface area (Å²) in [7, 11) is 0. The van der Waals surface area contributed by atoms with Gasteiger partial charge in [-0.15, -0.1) is 0 Å². The monoisotopic (exact) mass is 342 g/mol. The van der Waals surface area contributed by atoms with E-state index >= 15 is 0 Å². The van der Waals surface area contributed by atoms with E-state index in [-0.39, 0.29) is 9.89 Å². The normalized spacial score (nSPS) is 19.4. The highest BCUT2D eigenvalue weighted by Gasteiger charge is 2.13. The summed E-state index contributed by atoms with van der Waals surface area (Å²) >= 11 is 2.07. The summed E-state index contributed by atoms with van der Waals surface area (Å²) in [5.41, 5.74) is 0. The molecule has 1 aliphatic heterocycles. The lowest BCUT2D eigenvalue weighted by atomic mass is 10.3. The summed E-state index contributed by atoms with van der Waals surface area (Å²) in [6, 6.07) is 0. The van der Waals surface area contributed by atoms with E-state index in [4.69, 9.17) is 9.47 Å². The van der Waals surface area contributed by atoms with Gasteiger partial charge in [0.25, 0.3) is 0 Å². The number of halogens is 1. The van der Waals surface area contributed by atoms with Crippen molar-refractivity contribution < 1.29 is 19.2 Å². The third-order valence-electron chi connectivity index (χ3n) is 2.69. The lowest BCUT2D eigenvalue weighted by Crippen LogP contribution is -3.14. The second-order valence-corrected chi connectivity index (χ2v) is 5.97. The number of quaternary nitrogens is 1. The topological polar surface area (TPSA) is 40.0 Å². The van der Waals surface area contributed by atoms with Crippen LogP contribution in [-0.2, 0) is 14.3 Å². The van der Waals surface area contributed by atoms with Crippen molar-refractivity contribution in [3.8, 4) is 0 Å². The predicted molar refractivity (Wildman–Crippen MR) is 70.1 cm³/mol. The molecule has 0 radical (unpaired) electrons. The fourth-order valence-electron chi connectivity index (χ4n) is 1.67. The van der Waals surface area contributed by atoms with Crippen LogP contribution in [0.4, 0.5) is 0 Å². The minimum Gasteiger partial charge on any atom is -0.465 e. The van der Waals surface area contributed by atoms with Crippen LogP contribution < -0.4 is 4.90 Å². The molecule has 1 saturated heterocycles. The Morgan fingerprint density at radius 3 is 2.75 bits per heavy atom. The third kappa shape index (κ3) is 6.00. The van der Waals surface area contributed by atoms with Crippen LogP contribution in [0.1, 0.15) is 19.8 Å². The Hall–Kier alpha value is 0.120. The number of carbonyl (C=O) groups is 1. The van der Waals surface area contributed by atoms with Crippen LogP contribution in [0.15, 0.2) is 0 Å². The number of hydrogen-bond acceptors (Lipinski definition) is 3. The van der Waals surface area contributed by atoms with Gasteiger partial charge < -0.3 is 14.4 Å². The summed E-state index contributed by atoms with van der Waals surface area (Å²) in [4.78, 5) is 12.8. The lowest BCUT2D eigenvalue weighted by molar-refractivity contribution is -0.908. The number of alkyl halides is 1. The van der Waals surface area contributed by atoms with E-state index in [2.05, 4.69) is 22.6 Å². The van der Waals surface area contributed by atoms with Gasteiger partial charge in [0.15, 0.2) is 0 Å².